The minimum absolute atomic E-state index is 0.777. The molecule has 1 aromatic heterocycles. The maximum atomic E-state index is 5.83. The Hall–Kier alpha value is -2.42. The smallest absolute Gasteiger partial charge is 0.0665 e. The van der Waals surface area contributed by atoms with Gasteiger partial charge in [-0.25, -0.2) is 0 Å². The molecule has 3 N–H and O–H groups in total. The number of fused-ring (bicyclic) bond motifs is 1. The van der Waals surface area contributed by atoms with Gasteiger partial charge in [-0.05, 0) is 24.3 Å². The zero-order chi connectivity index (χ0) is 12.5. The molecule has 3 rings (SSSR count). The van der Waals surface area contributed by atoms with Crippen LogP contribution in [0.3, 0.4) is 0 Å². The van der Waals surface area contributed by atoms with Gasteiger partial charge in [-0.2, -0.15) is 0 Å². The molecule has 3 heteroatoms. The number of benzene rings is 2. The summed E-state index contributed by atoms with van der Waals surface area (Å²) in [5.41, 5.74) is 9.98. The largest absolute Gasteiger partial charge is 0.399 e. The Labute approximate surface area is 106 Å². The molecule has 0 aliphatic carbocycles. The fourth-order valence-electron chi connectivity index (χ4n) is 2.21. The van der Waals surface area contributed by atoms with Crippen LogP contribution in [-0.2, 0) is 0 Å². The van der Waals surface area contributed by atoms with E-state index in [1.165, 1.54) is 5.39 Å². The Morgan fingerprint density at radius 2 is 1.89 bits per heavy atom. The van der Waals surface area contributed by atoms with Gasteiger partial charge in [0.05, 0.1) is 5.69 Å². The second-order valence-electron chi connectivity index (χ2n) is 4.37. The van der Waals surface area contributed by atoms with Gasteiger partial charge in [-0.3, -0.25) is 0 Å². The number of nitrogens with two attached hydrogens (primary N) is 1. The van der Waals surface area contributed by atoms with Crippen LogP contribution in [0, 0.1) is 0 Å². The Morgan fingerprint density at radius 3 is 2.72 bits per heavy atom. The van der Waals surface area contributed by atoms with Gasteiger partial charge in [0, 0.05) is 35.5 Å². The summed E-state index contributed by atoms with van der Waals surface area (Å²) < 4.78 is 0. The predicted octanol–water partition coefficient (Wildman–Crippen LogP) is 3.52. The summed E-state index contributed by atoms with van der Waals surface area (Å²) in [6.07, 6.45) is 2.02. The molecule has 0 amide bonds. The van der Waals surface area contributed by atoms with Crippen LogP contribution >= 0.6 is 0 Å². The highest BCUT2D eigenvalue weighted by Crippen LogP contribution is 2.31. The number of para-hydroxylation sites is 1. The van der Waals surface area contributed by atoms with E-state index in [4.69, 9.17) is 5.73 Å². The summed E-state index contributed by atoms with van der Waals surface area (Å²) in [4.78, 5) is 5.41. The van der Waals surface area contributed by atoms with Crippen LogP contribution in [0.25, 0.3) is 10.9 Å². The second kappa shape index (κ2) is 4.11. The number of nitrogens with zero attached hydrogens (tertiary/aromatic N) is 1. The van der Waals surface area contributed by atoms with Gasteiger partial charge in [0.25, 0.3) is 0 Å². The highest BCUT2D eigenvalue weighted by atomic mass is 15.1. The van der Waals surface area contributed by atoms with Crippen LogP contribution in [0.1, 0.15) is 0 Å². The molecular formula is C15H15N3. The van der Waals surface area contributed by atoms with Crippen LogP contribution < -0.4 is 10.6 Å². The number of rotatable bonds is 2. The highest BCUT2D eigenvalue weighted by Gasteiger charge is 2.09. The molecule has 0 unspecified atom stereocenters. The molecule has 18 heavy (non-hydrogen) atoms. The molecule has 0 saturated heterocycles. The van der Waals surface area contributed by atoms with E-state index in [-0.39, 0.29) is 0 Å². The molecule has 1 heterocycles. The quantitative estimate of drug-likeness (QED) is 0.670. The number of aromatic nitrogens is 1. The van der Waals surface area contributed by atoms with Gasteiger partial charge in [-0.1, -0.05) is 24.3 Å². The van der Waals surface area contributed by atoms with Crippen molar-refractivity contribution in [3.8, 4) is 0 Å². The van der Waals surface area contributed by atoms with E-state index in [1.807, 2.05) is 43.6 Å². The van der Waals surface area contributed by atoms with Crippen molar-refractivity contribution in [2.24, 2.45) is 0 Å². The minimum atomic E-state index is 0.777. The van der Waals surface area contributed by atoms with Crippen molar-refractivity contribution >= 4 is 28.0 Å². The number of H-pyrrole nitrogens is 1. The van der Waals surface area contributed by atoms with Crippen molar-refractivity contribution in [1.29, 1.82) is 0 Å². The third-order valence-electron chi connectivity index (χ3n) is 3.19. The zero-order valence-electron chi connectivity index (χ0n) is 10.2. The summed E-state index contributed by atoms with van der Waals surface area (Å²) in [5.74, 6) is 0. The zero-order valence-corrected chi connectivity index (χ0v) is 10.2. The van der Waals surface area contributed by atoms with E-state index in [9.17, 15) is 0 Å². The number of hydrogen-bond acceptors (Lipinski definition) is 2. The molecule has 3 aromatic rings. The van der Waals surface area contributed by atoms with Gasteiger partial charge < -0.3 is 15.6 Å². The predicted molar refractivity (Wildman–Crippen MR) is 77.2 cm³/mol. The van der Waals surface area contributed by atoms with E-state index in [2.05, 4.69) is 28.1 Å². The van der Waals surface area contributed by atoms with Crippen molar-refractivity contribution < 1.29 is 0 Å². The molecule has 0 fully saturated rings. The fraction of sp³-hybridized carbons (Fsp3) is 0.0667. The van der Waals surface area contributed by atoms with Crippen LogP contribution in [-0.4, -0.2) is 12.0 Å². The average Bonchev–Trinajstić information content (AvgIpc) is 2.82. The first kappa shape index (κ1) is 10.7. The molecule has 0 atom stereocenters. The van der Waals surface area contributed by atoms with E-state index in [0.717, 1.165) is 22.6 Å². The third-order valence-corrected chi connectivity index (χ3v) is 3.19. The average molecular weight is 237 g/mol. The van der Waals surface area contributed by atoms with Crippen LogP contribution in [0.2, 0.25) is 0 Å². The molecule has 0 radical (unpaired) electrons. The molecule has 0 bridgehead atoms. The molecule has 3 nitrogen and oxygen atoms in total. The van der Waals surface area contributed by atoms with Crippen LogP contribution in [0.15, 0.2) is 54.7 Å². The van der Waals surface area contributed by atoms with Gasteiger partial charge in [0.1, 0.15) is 0 Å². The third kappa shape index (κ3) is 1.70. The van der Waals surface area contributed by atoms with Crippen LogP contribution in [0.4, 0.5) is 17.1 Å². The molecule has 0 aliphatic rings. The lowest BCUT2D eigenvalue weighted by Gasteiger charge is -2.18. The highest BCUT2D eigenvalue weighted by molar-refractivity contribution is 5.94. The number of nitrogens with one attached hydrogen (secondary N) is 1. The minimum Gasteiger partial charge on any atom is -0.399 e. The summed E-state index contributed by atoms with van der Waals surface area (Å²) >= 11 is 0. The second-order valence-corrected chi connectivity index (χ2v) is 4.37. The van der Waals surface area contributed by atoms with Crippen molar-refractivity contribution in [2.75, 3.05) is 17.7 Å². The lowest BCUT2D eigenvalue weighted by Crippen LogP contribution is -2.08. The summed E-state index contributed by atoms with van der Waals surface area (Å²) in [6.45, 7) is 0. The normalized spacial score (nSPS) is 10.7. The Kier molecular flexibility index (Phi) is 2.45. The summed E-state index contributed by atoms with van der Waals surface area (Å²) in [7, 11) is 2.05. The van der Waals surface area contributed by atoms with Gasteiger partial charge in [0.15, 0.2) is 0 Å². The Bertz CT molecular complexity index is 685. The summed E-state index contributed by atoms with van der Waals surface area (Å²) in [6, 6.07) is 16.2. The topological polar surface area (TPSA) is 45.0 Å². The van der Waals surface area contributed by atoms with Crippen molar-refractivity contribution in [3.63, 3.8) is 0 Å². The standard InChI is InChI=1S/C15H15N3/c1-18(12-6-4-5-11(16)9-12)15-10-17-14-8-3-2-7-13(14)15/h2-10,17H,16H2,1H3. The monoisotopic (exact) mass is 237 g/mol. The van der Waals surface area contributed by atoms with E-state index in [1.54, 1.807) is 0 Å². The molecule has 0 aliphatic heterocycles. The molecular weight excluding hydrogens is 222 g/mol. The van der Waals surface area contributed by atoms with Crippen molar-refractivity contribution in [2.45, 2.75) is 0 Å². The molecule has 0 spiro atoms. The van der Waals surface area contributed by atoms with E-state index in [0.29, 0.717) is 0 Å². The Balaban J connectivity index is 2.09. The van der Waals surface area contributed by atoms with Gasteiger partial charge in [0.2, 0.25) is 0 Å². The number of nitrogen functional groups attached to an aromatic ring is 1. The molecule has 90 valence electrons. The maximum absolute atomic E-state index is 5.83. The first-order valence-electron chi connectivity index (χ1n) is 5.91. The van der Waals surface area contributed by atoms with Gasteiger partial charge in [-0.15, -0.1) is 0 Å². The maximum Gasteiger partial charge on any atom is 0.0665 e. The first-order chi connectivity index (χ1) is 8.75. The lowest BCUT2D eigenvalue weighted by atomic mass is 10.2. The first-order valence-corrected chi connectivity index (χ1v) is 5.91. The SMILES string of the molecule is CN(c1cccc(N)c1)c1c[nH]c2ccccc12. The number of aromatic amines is 1. The number of anilines is 3. The molecule has 0 saturated carbocycles. The van der Waals surface area contributed by atoms with Crippen LogP contribution in [0.5, 0.6) is 0 Å². The van der Waals surface area contributed by atoms with Crippen molar-refractivity contribution in [1.82, 2.24) is 4.98 Å². The van der Waals surface area contributed by atoms with Crippen molar-refractivity contribution in [3.05, 3.63) is 54.7 Å². The van der Waals surface area contributed by atoms with Gasteiger partial charge >= 0.3 is 0 Å². The number of hydrogen-bond donors (Lipinski definition) is 2. The van der Waals surface area contributed by atoms with E-state index < -0.39 is 0 Å². The Morgan fingerprint density at radius 1 is 1.06 bits per heavy atom. The summed E-state index contributed by atoms with van der Waals surface area (Å²) in [5, 5.41) is 1.21. The van der Waals surface area contributed by atoms with E-state index >= 15 is 0 Å². The lowest BCUT2D eigenvalue weighted by molar-refractivity contribution is 1.22. The fourth-order valence-corrected chi connectivity index (χ4v) is 2.21. The molecule has 2 aromatic carbocycles.